The maximum absolute atomic E-state index is 12.0. The number of nitrogen functional groups attached to an aromatic ring is 1. The van der Waals surface area contributed by atoms with E-state index in [9.17, 15) is 29.8 Å². The van der Waals surface area contributed by atoms with Gasteiger partial charge < -0.3 is 15.8 Å². The lowest BCUT2D eigenvalue weighted by atomic mass is 10.1. The number of benzene rings is 2. The third-order valence-corrected chi connectivity index (χ3v) is 3.42. The van der Waals surface area contributed by atoms with Gasteiger partial charge in [-0.05, 0) is 24.6 Å². The fourth-order valence-electron chi connectivity index (χ4n) is 2.14. The van der Waals surface area contributed by atoms with Crippen molar-refractivity contribution in [3.8, 4) is 0 Å². The van der Waals surface area contributed by atoms with Crippen LogP contribution in [0.2, 0.25) is 0 Å². The van der Waals surface area contributed by atoms with Crippen LogP contribution in [0, 0.1) is 27.2 Å². The van der Waals surface area contributed by atoms with E-state index in [-0.39, 0.29) is 28.3 Å². The number of nitro groups is 2. The molecular weight excluding hydrogens is 360 g/mol. The van der Waals surface area contributed by atoms with Crippen LogP contribution in [-0.2, 0) is 9.53 Å². The predicted octanol–water partition coefficient (Wildman–Crippen LogP) is 2.19. The number of esters is 1. The quantitative estimate of drug-likeness (QED) is 0.335. The van der Waals surface area contributed by atoms with Crippen molar-refractivity contribution in [2.75, 3.05) is 17.7 Å². The molecular formula is C16H14N4O7. The highest BCUT2D eigenvalue weighted by Gasteiger charge is 2.19. The number of amides is 1. The number of hydrogen-bond donors (Lipinski definition) is 2. The van der Waals surface area contributed by atoms with E-state index in [0.717, 1.165) is 18.2 Å². The molecule has 3 N–H and O–H groups in total. The number of hydrogen-bond acceptors (Lipinski definition) is 8. The lowest BCUT2D eigenvalue weighted by Gasteiger charge is -2.08. The highest BCUT2D eigenvalue weighted by molar-refractivity contribution is 5.99. The first kappa shape index (κ1) is 19.3. The Morgan fingerprint density at radius 1 is 1.11 bits per heavy atom. The highest BCUT2D eigenvalue weighted by Crippen LogP contribution is 2.25. The number of carbonyl (C=O) groups is 2. The standard InChI is InChI=1S/C16H14N4O7/c1-9-2-5-13(14(6-9)20(25)26)18-15(21)8-27-16(22)11-4-3-10(19(23)24)7-12(11)17/h2-7H,8,17H2,1H3,(H,18,21). The Morgan fingerprint density at radius 2 is 1.81 bits per heavy atom. The number of nitro benzene ring substituents is 2. The van der Waals surface area contributed by atoms with E-state index < -0.39 is 28.3 Å². The molecule has 0 radical (unpaired) electrons. The Labute approximate surface area is 152 Å². The molecule has 2 aromatic carbocycles. The molecule has 0 aromatic heterocycles. The van der Waals surface area contributed by atoms with Crippen molar-refractivity contribution in [2.24, 2.45) is 0 Å². The van der Waals surface area contributed by atoms with Gasteiger partial charge >= 0.3 is 5.97 Å². The Kier molecular flexibility index (Phi) is 5.65. The minimum absolute atomic E-state index is 0.0403. The molecule has 0 saturated carbocycles. The summed E-state index contributed by atoms with van der Waals surface area (Å²) in [6.45, 7) is 0.940. The number of carbonyl (C=O) groups excluding carboxylic acids is 2. The predicted molar refractivity (Wildman–Crippen MR) is 94.3 cm³/mol. The number of anilines is 2. The van der Waals surface area contributed by atoms with E-state index in [4.69, 9.17) is 10.5 Å². The van der Waals surface area contributed by atoms with E-state index in [1.165, 1.54) is 12.1 Å². The summed E-state index contributed by atoms with van der Waals surface area (Å²) in [4.78, 5) is 44.2. The van der Waals surface area contributed by atoms with Gasteiger partial charge in [0, 0.05) is 18.2 Å². The maximum atomic E-state index is 12.0. The summed E-state index contributed by atoms with van der Waals surface area (Å²) in [6.07, 6.45) is 0. The zero-order valence-electron chi connectivity index (χ0n) is 14.0. The Balaban J connectivity index is 2.03. The minimum atomic E-state index is -0.962. The molecule has 2 aromatic rings. The zero-order chi connectivity index (χ0) is 20.1. The average molecular weight is 374 g/mol. The fraction of sp³-hybridized carbons (Fsp3) is 0.125. The molecule has 11 heteroatoms. The van der Waals surface area contributed by atoms with Crippen molar-refractivity contribution in [3.05, 3.63) is 67.8 Å². The summed E-state index contributed by atoms with van der Waals surface area (Å²) in [5.74, 6) is -1.76. The fourth-order valence-corrected chi connectivity index (χ4v) is 2.14. The van der Waals surface area contributed by atoms with E-state index in [0.29, 0.717) is 5.56 Å². The van der Waals surface area contributed by atoms with Gasteiger partial charge in [-0.2, -0.15) is 0 Å². The lowest BCUT2D eigenvalue weighted by molar-refractivity contribution is -0.384. The van der Waals surface area contributed by atoms with Crippen LogP contribution in [0.3, 0.4) is 0 Å². The molecule has 2 rings (SSSR count). The number of rotatable bonds is 6. The van der Waals surface area contributed by atoms with Gasteiger partial charge in [-0.1, -0.05) is 6.07 Å². The Bertz CT molecular complexity index is 942. The summed E-state index contributed by atoms with van der Waals surface area (Å²) < 4.78 is 4.80. The SMILES string of the molecule is Cc1ccc(NC(=O)COC(=O)c2ccc([N+](=O)[O-])cc2N)c([N+](=O)[O-])c1. The van der Waals surface area contributed by atoms with E-state index in [2.05, 4.69) is 5.32 Å². The van der Waals surface area contributed by atoms with Gasteiger partial charge in [-0.25, -0.2) is 4.79 Å². The number of aryl methyl sites for hydroxylation is 1. The lowest BCUT2D eigenvalue weighted by Crippen LogP contribution is -2.21. The number of nitrogens with zero attached hydrogens (tertiary/aromatic N) is 2. The van der Waals surface area contributed by atoms with Crippen LogP contribution >= 0.6 is 0 Å². The van der Waals surface area contributed by atoms with E-state index in [1.54, 1.807) is 13.0 Å². The molecule has 0 saturated heterocycles. The molecule has 0 heterocycles. The molecule has 11 nitrogen and oxygen atoms in total. The van der Waals surface area contributed by atoms with Gasteiger partial charge in [-0.15, -0.1) is 0 Å². The average Bonchev–Trinajstić information content (AvgIpc) is 2.60. The number of ether oxygens (including phenoxy) is 1. The second kappa shape index (κ2) is 7.91. The Morgan fingerprint density at radius 3 is 2.41 bits per heavy atom. The molecule has 0 fully saturated rings. The largest absolute Gasteiger partial charge is 0.452 e. The van der Waals surface area contributed by atoms with Gasteiger partial charge in [0.25, 0.3) is 17.3 Å². The zero-order valence-corrected chi connectivity index (χ0v) is 14.0. The smallest absolute Gasteiger partial charge is 0.340 e. The summed E-state index contributed by atoms with van der Waals surface area (Å²) in [7, 11) is 0. The molecule has 140 valence electrons. The van der Waals surface area contributed by atoms with Crippen LogP contribution in [0.25, 0.3) is 0 Å². The van der Waals surface area contributed by atoms with Crippen molar-refractivity contribution in [1.29, 1.82) is 0 Å². The van der Waals surface area contributed by atoms with Crippen molar-refractivity contribution in [1.82, 2.24) is 0 Å². The molecule has 0 atom stereocenters. The van der Waals surface area contributed by atoms with Gasteiger partial charge in [-0.3, -0.25) is 25.0 Å². The molecule has 0 bridgehead atoms. The Hall–Kier alpha value is -4.02. The maximum Gasteiger partial charge on any atom is 0.340 e. The number of nitrogens with two attached hydrogens (primary N) is 1. The summed E-state index contributed by atoms with van der Waals surface area (Å²) in [6, 6.07) is 7.40. The minimum Gasteiger partial charge on any atom is -0.452 e. The first-order valence-corrected chi connectivity index (χ1v) is 7.45. The van der Waals surface area contributed by atoms with Crippen molar-refractivity contribution in [3.63, 3.8) is 0 Å². The van der Waals surface area contributed by atoms with Crippen molar-refractivity contribution >= 4 is 34.6 Å². The number of non-ortho nitro benzene ring substituents is 1. The molecule has 0 aliphatic carbocycles. The molecule has 0 spiro atoms. The van der Waals surface area contributed by atoms with Crippen LogP contribution in [0.5, 0.6) is 0 Å². The van der Waals surface area contributed by atoms with Crippen LogP contribution < -0.4 is 11.1 Å². The topological polar surface area (TPSA) is 168 Å². The second-order valence-corrected chi connectivity index (χ2v) is 5.43. The third kappa shape index (κ3) is 4.75. The first-order valence-electron chi connectivity index (χ1n) is 7.45. The van der Waals surface area contributed by atoms with Crippen LogP contribution in [0.4, 0.5) is 22.7 Å². The van der Waals surface area contributed by atoms with Gasteiger partial charge in [0.2, 0.25) is 0 Å². The monoisotopic (exact) mass is 374 g/mol. The van der Waals surface area contributed by atoms with E-state index in [1.807, 2.05) is 0 Å². The van der Waals surface area contributed by atoms with Crippen molar-refractivity contribution in [2.45, 2.75) is 6.92 Å². The van der Waals surface area contributed by atoms with Crippen molar-refractivity contribution < 1.29 is 24.2 Å². The molecule has 0 aliphatic rings. The van der Waals surface area contributed by atoms with Crippen LogP contribution in [0.15, 0.2) is 36.4 Å². The second-order valence-electron chi connectivity index (χ2n) is 5.43. The normalized spacial score (nSPS) is 10.1. The molecule has 0 unspecified atom stereocenters. The summed E-state index contributed by atoms with van der Waals surface area (Å²) in [5.41, 5.74) is 5.26. The highest BCUT2D eigenvalue weighted by atomic mass is 16.6. The summed E-state index contributed by atoms with van der Waals surface area (Å²) in [5, 5.41) is 24.0. The third-order valence-electron chi connectivity index (χ3n) is 3.42. The van der Waals surface area contributed by atoms with Crippen LogP contribution in [0.1, 0.15) is 15.9 Å². The number of nitrogens with one attached hydrogen (secondary N) is 1. The first-order chi connectivity index (χ1) is 12.7. The van der Waals surface area contributed by atoms with E-state index >= 15 is 0 Å². The molecule has 27 heavy (non-hydrogen) atoms. The van der Waals surface area contributed by atoms with Gasteiger partial charge in [0.15, 0.2) is 6.61 Å². The van der Waals surface area contributed by atoms with Gasteiger partial charge in [0.1, 0.15) is 5.69 Å². The summed E-state index contributed by atoms with van der Waals surface area (Å²) >= 11 is 0. The molecule has 1 amide bonds. The van der Waals surface area contributed by atoms with Gasteiger partial charge in [0.05, 0.1) is 21.1 Å². The van der Waals surface area contributed by atoms with Crippen LogP contribution in [-0.4, -0.2) is 28.3 Å². The molecule has 0 aliphatic heterocycles.